The first kappa shape index (κ1) is 14.5. The molecule has 3 atom stereocenters. The molecule has 0 amide bonds. The van der Waals surface area contributed by atoms with Crippen LogP contribution in [-0.2, 0) is 11.8 Å². The quantitative estimate of drug-likeness (QED) is 0.899. The van der Waals surface area contributed by atoms with Crippen molar-refractivity contribution in [2.45, 2.75) is 50.0 Å². The maximum atomic E-state index is 6.03. The molecule has 2 bridgehead atoms. The molecule has 124 valence electrons. The van der Waals surface area contributed by atoms with Crippen LogP contribution in [0.4, 0.5) is 0 Å². The lowest BCUT2D eigenvalue weighted by molar-refractivity contribution is 0.0796. The molecule has 1 saturated heterocycles. The van der Waals surface area contributed by atoms with Gasteiger partial charge in [-0.05, 0) is 67.5 Å². The number of piperidine rings is 1. The summed E-state index contributed by atoms with van der Waals surface area (Å²) in [5, 5.41) is 3.80. The summed E-state index contributed by atoms with van der Waals surface area (Å²) in [5.41, 5.74) is 3.47. The molecule has 2 fully saturated rings. The second kappa shape index (κ2) is 5.59. The molecule has 1 aliphatic heterocycles. The van der Waals surface area contributed by atoms with Gasteiger partial charge in [0.2, 0.25) is 5.88 Å². The minimum Gasteiger partial charge on any atom is -0.439 e. The zero-order valence-corrected chi connectivity index (χ0v) is 14.0. The SMILES string of the molecule is c1ccc(Oc2ccc3c(c2)[C@@]24CCCC[C@H]2[C@@H](C3)NCC4)nc1. The van der Waals surface area contributed by atoms with E-state index in [0.29, 0.717) is 17.3 Å². The molecule has 3 heteroatoms. The molecule has 0 radical (unpaired) electrons. The number of benzene rings is 1. The van der Waals surface area contributed by atoms with Gasteiger partial charge in [-0.1, -0.05) is 25.0 Å². The standard InChI is InChI=1S/C21H24N2O/c1-3-9-21-10-12-22-19(17(21)5-1)13-15-7-8-16(14-18(15)21)24-20-6-2-4-11-23-20/h2,4,6-8,11,14,17,19,22H,1,3,5,9-10,12-13H2/t17-,19+,21+/m0/s1. The molecule has 1 saturated carbocycles. The van der Waals surface area contributed by atoms with Gasteiger partial charge in [0.05, 0.1) is 0 Å². The number of rotatable bonds is 2. The van der Waals surface area contributed by atoms with Crippen LogP contribution in [0, 0.1) is 5.92 Å². The molecular formula is C21H24N2O. The van der Waals surface area contributed by atoms with E-state index in [1.807, 2.05) is 18.2 Å². The van der Waals surface area contributed by atoms with Crippen LogP contribution >= 0.6 is 0 Å². The summed E-state index contributed by atoms with van der Waals surface area (Å²) in [6, 6.07) is 13.2. The monoisotopic (exact) mass is 320 g/mol. The van der Waals surface area contributed by atoms with Crippen LogP contribution < -0.4 is 10.1 Å². The molecule has 2 heterocycles. The number of fused-ring (bicyclic) bond motifs is 1. The summed E-state index contributed by atoms with van der Waals surface area (Å²) in [6.07, 6.45) is 9.71. The Balaban J connectivity index is 1.56. The van der Waals surface area contributed by atoms with Gasteiger partial charge in [-0.15, -0.1) is 0 Å². The van der Waals surface area contributed by atoms with Gasteiger partial charge in [-0.2, -0.15) is 0 Å². The van der Waals surface area contributed by atoms with Crippen LogP contribution in [0.1, 0.15) is 43.2 Å². The van der Waals surface area contributed by atoms with Crippen molar-refractivity contribution in [2.75, 3.05) is 6.54 Å². The average molecular weight is 320 g/mol. The second-order valence-electron chi connectivity index (χ2n) is 7.61. The molecule has 1 N–H and O–H groups in total. The summed E-state index contributed by atoms with van der Waals surface area (Å²) >= 11 is 0. The Labute approximate surface area is 143 Å². The van der Waals surface area contributed by atoms with Gasteiger partial charge in [-0.3, -0.25) is 0 Å². The van der Waals surface area contributed by atoms with Crippen molar-refractivity contribution in [1.82, 2.24) is 10.3 Å². The molecule has 24 heavy (non-hydrogen) atoms. The lowest BCUT2D eigenvalue weighted by Gasteiger charge is -2.56. The fourth-order valence-corrected chi connectivity index (χ4v) is 5.50. The summed E-state index contributed by atoms with van der Waals surface area (Å²) in [7, 11) is 0. The van der Waals surface area contributed by atoms with E-state index < -0.39 is 0 Å². The molecule has 3 aliphatic rings. The summed E-state index contributed by atoms with van der Waals surface area (Å²) < 4.78 is 6.03. The zero-order chi connectivity index (χ0) is 16.0. The minimum atomic E-state index is 0.380. The first-order valence-electron chi connectivity index (χ1n) is 9.31. The highest BCUT2D eigenvalue weighted by Crippen LogP contribution is 2.54. The summed E-state index contributed by atoms with van der Waals surface area (Å²) in [4.78, 5) is 4.30. The number of hydrogen-bond donors (Lipinski definition) is 1. The highest BCUT2D eigenvalue weighted by Gasteiger charge is 2.51. The first-order chi connectivity index (χ1) is 11.9. The maximum absolute atomic E-state index is 6.03. The predicted octanol–water partition coefficient (Wildman–Crippen LogP) is 4.22. The van der Waals surface area contributed by atoms with E-state index in [-0.39, 0.29) is 0 Å². The molecule has 0 unspecified atom stereocenters. The summed E-state index contributed by atoms with van der Waals surface area (Å²) in [5.74, 6) is 2.41. The normalized spacial score (nSPS) is 31.0. The fraction of sp³-hybridized carbons (Fsp3) is 0.476. The van der Waals surface area contributed by atoms with Crippen LogP contribution in [0.5, 0.6) is 11.6 Å². The Bertz CT molecular complexity index is 741. The van der Waals surface area contributed by atoms with Crippen LogP contribution in [0.3, 0.4) is 0 Å². The van der Waals surface area contributed by atoms with E-state index >= 15 is 0 Å². The van der Waals surface area contributed by atoms with Crippen LogP contribution in [0.25, 0.3) is 0 Å². The molecule has 2 aromatic rings. The smallest absolute Gasteiger partial charge is 0.219 e. The number of aromatic nitrogens is 1. The van der Waals surface area contributed by atoms with Gasteiger partial charge in [0.1, 0.15) is 5.75 Å². The predicted molar refractivity (Wildman–Crippen MR) is 94.5 cm³/mol. The van der Waals surface area contributed by atoms with E-state index in [1.54, 1.807) is 11.8 Å². The van der Waals surface area contributed by atoms with Gasteiger partial charge in [0.15, 0.2) is 0 Å². The number of pyridine rings is 1. The van der Waals surface area contributed by atoms with Crippen molar-refractivity contribution >= 4 is 0 Å². The zero-order valence-electron chi connectivity index (χ0n) is 14.0. The number of hydrogen-bond acceptors (Lipinski definition) is 3. The Morgan fingerprint density at radius 3 is 3.04 bits per heavy atom. The van der Waals surface area contributed by atoms with E-state index in [1.165, 1.54) is 44.1 Å². The van der Waals surface area contributed by atoms with E-state index in [9.17, 15) is 0 Å². The Morgan fingerprint density at radius 1 is 1.12 bits per heavy atom. The van der Waals surface area contributed by atoms with Crippen molar-refractivity contribution in [3.8, 4) is 11.6 Å². The van der Waals surface area contributed by atoms with Crippen LogP contribution in [-0.4, -0.2) is 17.6 Å². The van der Waals surface area contributed by atoms with Crippen molar-refractivity contribution in [2.24, 2.45) is 5.92 Å². The van der Waals surface area contributed by atoms with Gasteiger partial charge < -0.3 is 10.1 Å². The van der Waals surface area contributed by atoms with Crippen molar-refractivity contribution < 1.29 is 4.74 Å². The van der Waals surface area contributed by atoms with Gasteiger partial charge in [0.25, 0.3) is 0 Å². The molecular weight excluding hydrogens is 296 g/mol. The third-order valence-corrected chi connectivity index (χ3v) is 6.48. The largest absolute Gasteiger partial charge is 0.439 e. The highest BCUT2D eigenvalue weighted by molar-refractivity contribution is 5.46. The first-order valence-corrected chi connectivity index (χ1v) is 9.31. The summed E-state index contributed by atoms with van der Waals surface area (Å²) in [6.45, 7) is 1.16. The number of ether oxygens (including phenoxy) is 1. The molecule has 2 aliphatic carbocycles. The Morgan fingerprint density at radius 2 is 2.12 bits per heavy atom. The van der Waals surface area contributed by atoms with Gasteiger partial charge >= 0.3 is 0 Å². The molecule has 3 nitrogen and oxygen atoms in total. The molecule has 5 rings (SSSR count). The van der Waals surface area contributed by atoms with E-state index in [4.69, 9.17) is 4.74 Å². The minimum absolute atomic E-state index is 0.380. The lowest BCUT2D eigenvalue weighted by Crippen LogP contribution is -2.59. The average Bonchev–Trinajstić information content (AvgIpc) is 2.63. The van der Waals surface area contributed by atoms with E-state index in [2.05, 4.69) is 28.5 Å². The van der Waals surface area contributed by atoms with Crippen molar-refractivity contribution in [3.63, 3.8) is 0 Å². The number of nitrogens with zero attached hydrogens (tertiary/aromatic N) is 1. The molecule has 1 aromatic heterocycles. The molecule has 0 spiro atoms. The van der Waals surface area contributed by atoms with Crippen LogP contribution in [0.15, 0.2) is 42.6 Å². The number of nitrogens with one attached hydrogen (secondary N) is 1. The Hall–Kier alpha value is -1.87. The van der Waals surface area contributed by atoms with E-state index in [0.717, 1.165) is 18.2 Å². The molecule has 1 aromatic carbocycles. The third kappa shape index (κ3) is 2.18. The van der Waals surface area contributed by atoms with Gasteiger partial charge in [-0.25, -0.2) is 4.98 Å². The highest BCUT2D eigenvalue weighted by atomic mass is 16.5. The maximum Gasteiger partial charge on any atom is 0.219 e. The lowest BCUT2D eigenvalue weighted by atomic mass is 9.53. The second-order valence-corrected chi connectivity index (χ2v) is 7.61. The van der Waals surface area contributed by atoms with Crippen molar-refractivity contribution in [3.05, 3.63) is 53.7 Å². The fourth-order valence-electron chi connectivity index (χ4n) is 5.50. The van der Waals surface area contributed by atoms with Gasteiger partial charge in [0, 0.05) is 23.7 Å². The van der Waals surface area contributed by atoms with Crippen molar-refractivity contribution in [1.29, 1.82) is 0 Å². The third-order valence-electron chi connectivity index (χ3n) is 6.48. The van der Waals surface area contributed by atoms with Crippen LogP contribution in [0.2, 0.25) is 0 Å². The topological polar surface area (TPSA) is 34.1 Å². The Kier molecular flexibility index (Phi) is 3.37.